The summed E-state index contributed by atoms with van der Waals surface area (Å²) in [7, 11) is 0. The molecule has 0 aliphatic carbocycles. The van der Waals surface area contributed by atoms with Crippen LogP contribution in [0.2, 0.25) is 0 Å². The van der Waals surface area contributed by atoms with Crippen molar-refractivity contribution in [1.29, 1.82) is 0 Å². The average Bonchev–Trinajstić information content (AvgIpc) is 3.23. The normalized spacial score (nSPS) is 16.0. The van der Waals surface area contributed by atoms with Crippen LogP contribution in [0, 0.1) is 0 Å². The Bertz CT molecular complexity index is 1190. The number of hydrogen-bond acceptors (Lipinski definition) is 3. The van der Waals surface area contributed by atoms with Gasteiger partial charge in [0.25, 0.3) is 0 Å². The Hall–Kier alpha value is -3.37. The molecule has 0 aromatic heterocycles. The summed E-state index contributed by atoms with van der Waals surface area (Å²) in [4.78, 5) is 15.1. The minimum atomic E-state index is -4.95. The van der Waals surface area contributed by atoms with Crippen LogP contribution in [-0.2, 0) is 36.8 Å². The van der Waals surface area contributed by atoms with Crippen LogP contribution >= 0.6 is 0 Å². The number of nitrogens with one attached hydrogen (secondary N) is 2. The molecule has 0 radical (unpaired) electrons. The Morgan fingerprint density at radius 3 is 2.08 bits per heavy atom. The molecule has 1 amide bonds. The zero-order valence-electron chi connectivity index (χ0n) is 19.7. The predicted molar refractivity (Wildman–Crippen MR) is 126 cm³/mol. The molecule has 0 bridgehead atoms. The van der Waals surface area contributed by atoms with E-state index in [0.29, 0.717) is 38.3 Å². The molecule has 1 aliphatic heterocycles. The summed E-state index contributed by atoms with van der Waals surface area (Å²) >= 11 is 0. The monoisotopic (exact) mass is 521 g/mol. The molecular weight excluding hydrogens is 496 g/mol. The van der Waals surface area contributed by atoms with Gasteiger partial charge in [0.15, 0.2) is 0 Å². The second-order valence-corrected chi connectivity index (χ2v) is 8.87. The number of carbonyl (C=O) groups excluding carboxylic acids is 1. The number of carbonyl (C=O) groups is 1. The fraction of sp³-hybridized carbons (Fsp3) is 0.296. The topological polar surface area (TPSA) is 44.4 Å². The summed E-state index contributed by atoms with van der Waals surface area (Å²) in [6.07, 6.45) is -9.90. The predicted octanol–water partition coefficient (Wildman–Crippen LogP) is 5.69. The zero-order valence-corrected chi connectivity index (χ0v) is 19.7. The van der Waals surface area contributed by atoms with E-state index in [0.717, 1.165) is 16.7 Å². The van der Waals surface area contributed by atoms with E-state index in [2.05, 4.69) is 10.6 Å². The highest BCUT2D eigenvalue weighted by molar-refractivity contribution is 5.84. The van der Waals surface area contributed by atoms with Crippen molar-refractivity contribution < 1.29 is 31.1 Å². The van der Waals surface area contributed by atoms with Crippen LogP contribution < -0.4 is 10.6 Å². The third kappa shape index (κ3) is 6.69. The summed E-state index contributed by atoms with van der Waals surface area (Å²) in [6.45, 7) is 1.78. The van der Waals surface area contributed by atoms with Gasteiger partial charge in [0.1, 0.15) is 6.04 Å². The van der Waals surface area contributed by atoms with Crippen molar-refractivity contribution in [3.63, 3.8) is 0 Å². The number of benzene rings is 3. The number of alkyl halides is 6. The van der Waals surface area contributed by atoms with Gasteiger partial charge in [-0.25, -0.2) is 0 Å². The van der Waals surface area contributed by atoms with Crippen LogP contribution in [0.1, 0.15) is 39.4 Å². The molecule has 1 aliphatic rings. The van der Waals surface area contributed by atoms with Crippen LogP contribution in [0.3, 0.4) is 0 Å². The molecular formula is C27H25F6N3O. The number of halogens is 6. The van der Waals surface area contributed by atoms with Crippen LogP contribution in [0.5, 0.6) is 0 Å². The molecule has 1 heterocycles. The van der Waals surface area contributed by atoms with E-state index in [1.54, 1.807) is 6.07 Å². The quantitative estimate of drug-likeness (QED) is 0.296. The molecule has 4 rings (SSSR count). The van der Waals surface area contributed by atoms with Crippen LogP contribution in [0.25, 0.3) is 0 Å². The van der Waals surface area contributed by atoms with Crippen LogP contribution in [-0.4, -0.2) is 23.9 Å². The van der Waals surface area contributed by atoms with E-state index in [9.17, 15) is 31.1 Å². The summed E-state index contributed by atoms with van der Waals surface area (Å²) in [6, 6.07) is 17.8. The van der Waals surface area contributed by atoms with Gasteiger partial charge in [0, 0.05) is 32.7 Å². The van der Waals surface area contributed by atoms with Crippen molar-refractivity contribution in [2.45, 2.75) is 38.0 Å². The third-order valence-electron chi connectivity index (χ3n) is 6.20. The molecule has 196 valence electrons. The van der Waals surface area contributed by atoms with Crippen molar-refractivity contribution in [1.82, 2.24) is 15.5 Å². The maximum absolute atomic E-state index is 13.2. The molecule has 3 aromatic rings. The highest BCUT2D eigenvalue weighted by Crippen LogP contribution is 2.37. The highest BCUT2D eigenvalue weighted by atomic mass is 19.4. The number of amides is 1. The maximum Gasteiger partial charge on any atom is 0.416 e. The second kappa shape index (κ2) is 10.9. The van der Waals surface area contributed by atoms with Crippen molar-refractivity contribution in [3.8, 4) is 0 Å². The van der Waals surface area contributed by atoms with E-state index >= 15 is 0 Å². The molecule has 0 spiro atoms. The smallest absolute Gasteiger partial charge is 0.350 e. The molecule has 4 nitrogen and oxygen atoms in total. The van der Waals surface area contributed by atoms with Crippen LogP contribution in [0.15, 0.2) is 72.8 Å². The molecule has 0 saturated heterocycles. The molecule has 2 N–H and O–H groups in total. The fourth-order valence-electron chi connectivity index (χ4n) is 4.43. The summed E-state index contributed by atoms with van der Waals surface area (Å²) in [5, 5.41) is 5.88. The van der Waals surface area contributed by atoms with Gasteiger partial charge in [-0.1, -0.05) is 54.6 Å². The summed E-state index contributed by atoms with van der Waals surface area (Å²) in [5.74, 6) is -0.487. The standard InChI is InChI=1S/C27H25F6N3O/c28-26(29,30)21-12-19(13-22(14-21)27(31,32)33)16-35-25(37)24-23-9-5-4-8-20(23)17-36(24)11-10-34-15-18-6-2-1-3-7-18/h1-9,12-14,24,34H,10-11,15-17H2,(H,35,37). The van der Waals surface area contributed by atoms with Crippen molar-refractivity contribution in [2.75, 3.05) is 13.1 Å². The number of fused-ring (bicyclic) bond motifs is 1. The SMILES string of the molecule is O=C(NCc1cc(C(F)(F)F)cc(C(F)(F)F)c1)C1c2ccccc2CN1CCNCc1ccccc1. The first kappa shape index (κ1) is 26.7. The van der Waals surface area contributed by atoms with Gasteiger partial charge in [-0.3, -0.25) is 9.69 Å². The van der Waals surface area contributed by atoms with Gasteiger partial charge in [0.05, 0.1) is 11.1 Å². The summed E-state index contributed by atoms with van der Waals surface area (Å²) < 4.78 is 79.1. The fourth-order valence-corrected chi connectivity index (χ4v) is 4.43. The molecule has 37 heavy (non-hydrogen) atoms. The molecule has 10 heteroatoms. The third-order valence-corrected chi connectivity index (χ3v) is 6.20. The second-order valence-electron chi connectivity index (χ2n) is 8.87. The van der Waals surface area contributed by atoms with E-state index in [4.69, 9.17) is 0 Å². The minimum absolute atomic E-state index is 0.0721. The van der Waals surface area contributed by atoms with Crippen molar-refractivity contribution in [3.05, 3.63) is 106 Å². The lowest BCUT2D eigenvalue weighted by molar-refractivity contribution is -0.143. The lowest BCUT2D eigenvalue weighted by atomic mass is 10.0. The van der Waals surface area contributed by atoms with Gasteiger partial charge in [0.2, 0.25) is 5.91 Å². The van der Waals surface area contributed by atoms with E-state index < -0.39 is 42.0 Å². The van der Waals surface area contributed by atoms with Gasteiger partial charge in [-0.15, -0.1) is 0 Å². The maximum atomic E-state index is 13.2. The Kier molecular flexibility index (Phi) is 7.89. The first-order valence-electron chi connectivity index (χ1n) is 11.6. The number of rotatable bonds is 8. The lowest BCUT2D eigenvalue weighted by Crippen LogP contribution is -2.39. The molecule has 0 saturated carbocycles. The highest BCUT2D eigenvalue weighted by Gasteiger charge is 2.38. The van der Waals surface area contributed by atoms with E-state index in [-0.39, 0.29) is 11.6 Å². The number of hydrogen-bond donors (Lipinski definition) is 2. The van der Waals surface area contributed by atoms with E-state index in [1.165, 1.54) is 0 Å². The molecule has 3 aromatic carbocycles. The Morgan fingerprint density at radius 2 is 1.43 bits per heavy atom. The Labute approximate surface area is 210 Å². The molecule has 0 fully saturated rings. The van der Waals surface area contributed by atoms with Gasteiger partial charge in [-0.2, -0.15) is 26.3 Å². The van der Waals surface area contributed by atoms with Crippen molar-refractivity contribution in [2.24, 2.45) is 0 Å². The minimum Gasteiger partial charge on any atom is -0.350 e. The summed E-state index contributed by atoms with van der Waals surface area (Å²) in [5.41, 5.74) is -0.279. The number of nitrogens with zero attached hydrogens (tertiary/aromatic N) is 1. The zero-order chi connectivity index (χ0) is 26.6. The average molecular weight is 522 g/mol. The largest absolute Gasteiger partial charge is 0.416 e. The first-order valence-corrected chi connectivity index (χ1v) is 11.6. The Balaban J connectivity index is 1.45. The molecule has 1 atom stereocenters. The van der Waals surface area contributed by atoms with Gasteiger partial charge < -0.3 is 10.6 Å². The van der Waals surface area contributed by atoms with Gasteiger partial charge in [-0.05, 0) is 40.5 Å². The van der Waals surface area contributed by atoms with E-state index in [1.807, 2.05) is 53.4 Å². The van der Waals surface area contributed by atoms with Gasteiger partial charge >= 0.3 is 12.4 Å². The van der Waals surface area contributed by atoms with Crippen LogP contribution in [0.4, 0.5) is 26.3 Å². The molecule has 1 unspecified atom stereocenters. The van der Waals surface area contributed by atoms with Crippen molar-refractivity contribution >= 4 is 5.91 Å². The lowest BCUT2D eigenvalue weighted by Gasteiger charge is -2.24. The first-order chi connectivity index (χ1) is 17.5. The Morgan fingerprint density at radius 1 is 0.811 bits per heavy atom.